The van der Waals surface area contributed by atoms with Crippen molar-refractivity contribution < 1.29 is 14.3 Å². The van der Waals surface area contributed by atoms with E-state index in [0.29, 0.717) is 12.1 Å². The molecular weight excluding hydrogens is 350 g/mol. The molecule has 1 amide bonds. The molecule has 0 unspecified atom stereocenters. The summed E-state index contributed by atoms with van der Waals surface area (Å²) in [6, 6.07) is 25.5. The zero-order chi connectivity index (χ0) is 19.3. The normalized spacial score (nSPS) is 13.1. The molecule has 0 aliphatic carbocycles. The largest absolute Gasteiger partial charge is 0.459 e. The summed E-state index contributed by atoms with van der Waals surface area (Å²) >= 11 is 0. The Balaban J connectivity index is 1.41. The highest BCUT2D eigenvalue weighted by molar-refractivity contribution is 5.98. The van der Waals surface area contributed by atoms with E-state index < -0.39 is 0 Å². The van der Waals surface area contributed by atoms with Gasteiger partial charge in [0.15, 0.2) is 0 Å². The van der Waals surface area contributed by atoms with Gasteiger partial charge in [-0.15, -0.1) is 0 Å². The van der Waals surface area contributed by atoms with Crippen molar-refractivity contribution in [1.82, 2.24) is 4.90 Å². The Hall–Kier alpha value is -3.40. The van der Waals surface area contributed by atoms with Crippen molar-refractivity contribution in [2.24, 2.45) is 0 Å². The van der Waals surface area contributed by atoms with Gasteiger partial charge in [0, 0.05) is 12.1 Å². The lowest BCUT2D eigenvalue weighted by molar-refractivity contribution is -0.145. The molecule has 1 aliphatic rings. The summed E-state index contributed by atoms with van der Waals surface area (Å²) in [7, 11) is 0. The number of carbonyl (C=O) groups is 2. The Labute approximate surface area is 164 Å². The van der Waals surface area contributed by atoms with Crippen molar-refractivity contribution in [1.29, 1.82) is 0 Å². The highest BCUT2D eigenvalue weighted by atomic mass is 16.5. The Morgan fingerprint density at radius 2 is 1.61 bits per heavy atom. The molecule has 0 fully saturated rings. The van der Waals surface area contributed by atoms with Crippen molar-refractivity contribution in [2.45, 2.75) is 13.0 Å². The van der Waals surface area contributed by atoms with E-state index in [-0.39, 0.29) is 25.0 Å². The molecule has 0 saturated carbocycles. The molecule has 3 aromatic carbocycles. The van der Waals surface area contributed by atoms with E-state index in [4.69, 9.17) is 4.74 Å². The minimum absolute atomic E-state index is 0.0223. The summed E-state index contributed by atoms with van der Waals surface area (Å²) < 4.78 is 5.31. The number of hydrogen-bond donors (Lipinski definition) is 0. The summed E-state index contributed by atoms with van der Waals surface area (Å²) in [4.78, 5) is 26.5. The first-order valence-electron chi connectivity index (χ1n) is 9.38. The third kappa shape index (κ3) is 3.96. The average molecular weight is 371 g/mol. The fourth-order valence-electron chi connectivity index (χ4n) is 3.44. The van der Waals surface area contributed by atoms with Crippen LogP contribution < -0.4 is 0 Å². The maximum absolute atomic E-state index is 12.8. The molecule has 1 aliphatic heterocycles. The molecule has 0 aromatic heterocycles. The second kappa shape index (κ2) is 8.09. The minimum Gasteiger partial charge on any atom is -0.459 e. The first-order chi connectivity index (χ1) is 13.7. The van der Waals surface area contributed by atoms with Crippen LogP contribution in [0.3, 0.4) is 0 Å². The molecule has 28 heavy (non-hydrogen) atoms. The number of nitrogens with zero attached hydrogens (tertiary/aromatic N) is 1. The lowest BCUT2D eigenvalue weighted by Crippen LogP contribution is -2.41. The Morgan fingerprint density at radius 1 is 0.893 bits per heavy atom. The van der Waals surface area contributed by atoms with E-state index in [1.807, 2.05) is 60.7 Å². The topological polar surface area (TPSA) is 46.6 Å². The van der Waals surface area contributed by atoms with Crippen LogP contribution in [0, 0.1) is 0 Å². The number of carbonyl (C=O) groups excluding carboxylic acids is 2. The molecule has 4 heteroatoms. The summed E-state index contributed by atoms with van der Waals surface area (Å²) in [5.74, 6) is -0.501. The summed E-state index contributed by atoms with van der Waals surface area (Å²) in [6.07, 6.45) is 0.730. The smallest absolute Gasteiger partial charge is 0.325 e. The summed E-state index contributed by atoms with van der Waals surface area (Å²) in [6.45, 7) is 0.717. The van der Waals surface area contributed by atoms with Gasteiger partial charge >= 0.3 is 5.97 Å². The number of amides is 1. The zero-order valence-corrected chi connectivity index (χ0v) is 15.5. The third-order valence-electron chi connectivity index (χ3n) is 4.94. The molecule has 0 spiro atoms. The first-order valence-corrected chi connectivity index (χ1v) is 9.38. The predicted octanol–water partition coefficient (Wildman–Crippen LogP) is 4.10. The monoisotopic (exact) mass is 371 g/mol. The molecule has 0 N–H and O–H groups in total. The summed E-state index contributed by atoms with van der Waals surface area (Å²) in [5, 5.41) is 0. The second-order valence-corrected chi connectivity index (χ2v) is 6.86. The van der Waals surface area contributed by atoms with Gasteiger partial charge in [0.25, 0.3) is 5.91 Å². The molecule has 3 aromatic rings. The Morgan fingerprint density at radius 3 is 2.36 bits per heavy atom. The maximum Gasteiger partial charge on any atom is 0.325 e. The van der Waals surface area contributed by atoms with Gasteiger partial charge in [-0.25, -0.2) is 0 Å². The lowest BCUT2D eigenvalue weighted by atomic mass is 9.94. The molecule has 0 saturated heterocycles. The fourth-order valence-corrected chi connectivity index (χ4v) is 3.44. The molecule has 4 nitrogen and oxygen atoms in total. The van der Waals surface area contributed by atoms with Crippen LogP contribution in [-0.4, -0.2) is 29.9 Å². The molecule has 4 rings (SSSR count). The SMILES string of the molecule is O=C(CN1CCc2cc(-c3ccccc3)ccc2C1=O)OCc1ccccc1. The molecule has 0 radical (unpaired) electrons. The van der Waals surface area contributed by atoms with Gasteiger partial charge in [0.1, 0.15) is 13.2 Å². The molecule has 1 heterocycles. The molecule has 0 bridgehead atoms. The summed E-state index contributed by atoms with van der Waals surface area (Å²) in [5.41, 5.74) is 4.86. The van der Waals surface area contributed by atoms with Gasteiger partial charge in [0.2, 0.25) is 0 Å². The number of fused-ring (bicyclic) bond motifs is 1. The third-order valence-corrected chi connectivity index (χ3v) is 4.94. The number of rotatable bonds is 5. The van der Waals surface area contributed by atoms with Crippen LogP contribution in [0.1, 0.15) is 21.5 Å². The molecule has 140 valence electrons. The quantitative estimate of drug-likeness (QED) is 0.635. The van der Waals surface area contributed by atoms with Gasteiger partial charge in [-0.3, -0.25) is 9.59 Å². The lowest BCUT2D eigenvalue weighted by Gasteiger charge is -2.28. The van der Waals surface area contributed by atoms with Gasteiger partial charge < -0.3 is 9.64 Å². The highest BCUT2D eigenvalue weighted by Crippen LogP contribution is 2.26. The van der Waals surface area contributed by atoms with Crippen molar-refractivity contribution >= 4 is 11.9 Å². The minimum atomic E-state index is -0.387. The van der Waals surface area contributed by atoms with E-state index in [1.165, 1.54) is 0 Å². The van der Waals surface area contributed by atoms with E-state index in [9.17, 15) is 9.59 Å². The maximum atomic E-state index is 12.8. The van der Waals surface area contributed by atoms with Crippen molar-refractivity contribution in [3.8, 4) is 11.1 Å². The van der Waals surface area contributed by atoms with Crippen LogP contribution in [0.15, 0.2) is 78.9 Å². The van der Waals surface area contributed by atoms with Crippen LogP contribution in [-0.2, 0) is 22.6 Å². The zero-order valence-electron chi connectivity index (χ0n) is 15.5. The van der Waals surface area contributed by atoms with Crippen LogP contribution in [0.4, 0.5) is 0 Å². The van der Waals surface area contributed by atoms with Crippen LogP contribution in [0.2, 0.25) is 0 Å². The van der Waals surface area contributed by atoms with Crippen molar-refractivity contribution in [3.63, 3.8) is 0 Å². The van der Waals surface area contributed by atoms with Gasteiger partial charge in [0.05, 0.1) is 0 Å². The number of ether oxygens (including phenoxy) is 1. The van der Waals surface area contributed by atoms with Crippen molar-refractivity contribution in [3.05, 3.63) is 95.6 Å². The van der Waals surface area contributed by atoms with E-state index in [2.05, 4.69) is 18.2 Å². The van der Waals surface area contributed by atoms with Crippen molar-refractivity contribution in [2.75, 3.05) is 13.1 Å². The Bertz CT molecular complexity index is 983. The van der Waals surface area contributed by atoms with Crippen LogP contribution in [0.5, 0.6) is 0 Å². The predicted molar refractivity (Wildman–Crippen MR) is 108 cm³/mol. The van der Waals surface area contributed by atoms with Crippen LogP contribution in [0.25, 0.3) is 11.1 Å². The second-order valence-electron chi connectivity index (χ2n) is 6.86. The number of hydrogen-bond acceptors (Lipinski definition) is 3. The number of benzene rings is 3. The fraction of sp³-hybridized carbons (Fsp3) is 0.167. The van der Waals surface area contributed by atoms with Gasteiger partial charge in [-0.1, -0.05) is 72.8 Å². The van der Waals surface area contributed by atoms with E-state index >= 15 is 0 Å². The Kier molecular flexibility index (Phi) is 5.20. The van der Waals surface area contributed by atoms with E-state index in [0.717, 1.165) is 28.7 Å². The number of esters is 1. The van der Waals surface area contributed by atoms with E-state index in [1.54, 1.807) is 4.90 Å². The van der Waals surface area contributed by atoms with Crippen LogP contribution >= 0.6 is 0 Å². The highest BCUT2D eigenvalue weighted by Gasteiger charge is 2.26. The van der Waals surface area contributed by atoms with Gasteiger partial charge in [-0.2, -0.15) is 0 Å². The molecule has 0 atom stereocenters. The average Bonchev–Trinajstić information content (AvgIpc) is 2.75. The standard InChI is InChI=1S/C24H21NO3/c26-23(28-17-18-7-3-1-4-8-18)16-25-14-13-21-15-20(11-12-22(21)24(25)27)19-9-5-2-6-10-19/h1-12,15H,13-14,16-17H2. The van der Waals surface area contributed by atoms with Gasteiger partial charge in [-0.05, 0) is 34.7 Å². The molecular formula is C24H21NO3. The first kappa shape index (κ1) is 18.0.